The third-order valence-corrected chi connectivity index (χ3v) is 19.4. The molecule has 19 aromatic rings. The normalized spacial score (nSPS) is 12.0. The third kappa shape index (κ3) is 7.78. The maximum atomic E-state index is 5.64. The van der Waals surface area contributed by atoms with E-state index in [0.717, 1.165) is 127 Å². The lowest BCUT2D eigenvalue weighted by Gasteiger charge is -2.13. The topological polar surface area (TPSA) is 66.3 Å². The van der Waals surface area contributed by atoms with Gasteiger partial charge in [0.05, 0.1) is 55.5 Å². The van der Waals surface area contributed by atoms with E-state index in [-0.39, 0.29) is 0 Å². The summed E-state index contributed by atoms with van der Waals surface area (Å²) >= 11 is 1.81. The quantitative estimate of drug-likeness (QED) is 0.152. The Bertz CT molecular complexity index is 6140. The van der Waals surface area contributed by atoms with Gasteiger partial charge in [0.2, 0.25) is 11.9 Å². The number of para-hydroxylation sites is 3. The van der Waals surface area contributed by atoms with Crippen LogP contribution in [0.2, 0.25) is 0 Å². The van der Waals surface area contributed by atoms with Crippen LogP contribution >= 0.6 is 11.3 Å². The van der Waals surface area contributed by atoms with Crippen molar-refractivity contribution in [3.63, 3.8) is 0 Å². The first-order valence-electron chi connectivity index (χ1n) is 30.4. The number of nitrogens with zero attached hydrogens (tertiary/aromatic N) is 7. The highest BCUT2D eigenvalue weighted by Crippen LogP contribution is 2.45. The molecule has 0 unspecified atom stereocenters. The van der Waals surface area contributed by atoms with E-state index in [2.05, 4.69) is 305 Å². The van der Waals surface area contributed by atoms with Gasteiger partial charge < -0.3 is 4.57 Å². The summed E-state index contributed by atoms with van der Waals surface area (Å²) in [5.74, 6) is 1.28. The molecule has 0 atom stereocenters. The van der Waals surface area contributed by atoms with Crippen molar-refractivity contribution in [3.8, 4) is 72.8 Å². The molecule has 0 saturated heterocycles. The monoisotopic (exact) mass is 1160 g/mol. The number of aromatic nitrogens is 7. The summed E-state index contributed by atoms with van der Waals surface area (Å²) < 4.78 is 8.13. The minimum Gasteiger partial charge on any atom is -0.309 e. The number of benzene rings is 13. The van der Waals surface area contributed by atoms with Gasteiger partial charge in [-0.2, -0.15) is 0 Å². The van der Waals surface area contributed by atoms with E-state index in [1.165, 1.54) is 42.1 Å². The summed E-state index contributed by atoms with van der Waals surface area (Å²) in [6.45, 7) is 0. The molecule has 0 radical (unpaired) electrons. The Balaban J connectivity index is 0.779. The van der Waals surface area contributed by atoms with Crippen molar-refractivity contribution >= 4 is 119 Å². The van der Waals surface area contributed by atoms with Crippen LogP contribution < -0.4 is 0 Å². The minimum atomic E-state index is 0.634. The van der Waals surface area contributed by atoms with Gasteiger partial charge in [-0.3, -0.25) is 9.13 Å². The lowest BCUT2D eigenvalue weighted by molar-refractivity contribution is 1.01. The van der Waals surface area contributed by atoms with Gasteiger partial charge in [0.15, 0.2) is 0 Å². The van der Waals surface area contributed by atoms with Crippen molar-refractivity contribution in [2.45, 2.75) is 0 Å². The van der Waals surface area contributed by atoms with E-state index in [4.69, 9.17) is 19.9 Å². The molecule has 6 aromatic heterocycles. The molecule has 0 N–H and O–H groups in total. The minimum absolute atomic E-state index is 0.634. The maximum absolute atomic E-state index is 5.64. The first kappa shape index (κ1) is 50.3. The van der Waals surface area contributed by atoms with Gasteiger partial charge in [0.1, 0.15) is 0 Å². The number of fused-ring (bicyclic) bond motifs is 15. The van der Waals surface area contributed by atoms with Gasteiger partial charge in [-0.1, -0.05) is 200 Å². The van der Waals surface area contributed by atoms with Gasteiger partial charge in [-0.05, 0) is 136 Å². The first-order valence-corrected chi connectivity index (χ1v) is 31.3. The predicted molar refractivity (Wildman–Crippen MR) is 376 cm³/mol. The number of thiophene rings is 1. The van der Waals surface area contributed by atoms with Crippen molar-refractivity contribution in [3.05, 3.63) is 297 Å². The summed E-state index contributed by atoms with van der Waals surface area (Å²) in [5, 5.41) is 12.6. The molecule has 0 fully saturated rings. The molecule has 0 aliphatic carbocycles. The highest BCUT2D eigenvalue weighted by atomic mass is 32.1. The lowest BCUT2D eigenvalue weighted by Crippen LogP contribution is -2.03. The highest BCUT2D eigenvalue weighted by Gasteiger charge is 2.24. The average Bonchev–Trinajstić information content (AvgIpc) is 1.64. The molecule has 0 aliphatic rings. The third-order valence-electron chi connectivity index (χ3n) is 18.3. The molecule has 0 saturated carbocycles. The number of rotatable bonds is 8. The SMILES string of the molecule is c1ccc(-c2cc3c(ccc4nc(-n5c6ccc(-c7ccc8c(c7)c7cc(-c9ccc%10c(c9)c9ccccc9n%10-c9nc(-c%10ccccc%10)c%10ccccc%10n9)ccc7n8-c7ccccc7)cc6c6c7ccccc7ccc65)nc(-c5ccccc5)c43)s2)cc1. The largest absolute Gasteiger partial charge is 0.309 e. The van der Waals surface area contributed by atoms with Crippen LogP contribution in [-0.2, 0) is 0 Å². The maximum Gasteiger partial charge on any atom is 0.235 e. The summed E-state index contributed by atoms with van der Waals surface area (Å²) in [6, 6.07) is 107. The fourth-order valence-corrected chi connectivity index (χ4v) is 15.2. The number of hydrogen-bond acceptors (Lipinski definition) is 5. The van der Waals surface area contributed by atoms with E-state index in [0.29, 0.717) is 11.9 Å². The fraction of sp³-hybridized carbons (Fsp3) is 0. The smallest absolute Gasteiger partial charge is 0.235 e. The summed E-state index contributed by atoms with van der Waals surface area (Å²) in [4.78, 5) is 23.0. The van der Waals surface area contributed by atoms with E-state index in [9.17, 15) is 0 Å². The van der Waals surface area contributed by atoms with E-state index in [1.54, 1.807) is 0 Å². The van der Waals surface area contributed by atoms with Crippen LogP contribution in [0.3, 0.4) is 0 Å². The Morgan fingerprint density at radius 2 is 0.711 bits per heavy atom. The molecule has 6 heterocycles. The Kier molecular flexibility index (Phi) is 11.1. The highest BCUT2D eigenvalue weighted by molar-refractivity contribution is 7.22. The average molecular weight is 1160 g/mol. The second kappa shape index (κ2) is 19.8. The molecule has 0 aliphatic heterocycles. The predicted octanol–water partition coefficient (Wildman–Crippen LogP) is 21.6. The Labute approximate surface area is 519 Å². The van der Waals surface area contributed by atoms with Crippen LogP contribution in [0.15, 0.2) is 297 Å². The molecule has 0 spiro atoms. The molecule has 90 heavy (non-hydrogen) atoms. The molecule has 0 amide bonds. The van der Waals surface area contributed by atoms with Crippen LogP contribution in [0.5, 0.6) is 0 Å². The zero-order valence-corrected chi connectivity index (χ0v) is 49.1. The van der Waals surface area contributed by atoms with E-state index >= 15 is 0 Å². The molecular formula is C82H49N7S. The Morgan fingerprint density at radius 1 is 0.244 bits per heavy atom. The van der Waals surface area contributed by atoms with Gasteiger partial charge in [-0.25, -0.2) is 19.9 Å². The molecule has 418 valence electrons. The van der Waals surface area contributed by atoms with Crippen LogP contribution in [0.1, 0.15) is 0 Å². The molecule has 0 bridgehead atoms. The molecule has 19 rings (SSSR count). The van der Waals surface area contributed by atoms with Crippen molar-refractivity contribution in [2.24, 2.45) is 0 Å². The van der Waals surface area contributed by atoms with Crippen LogP contribution in [-0.4, -0.2) is 33.6 Å². The van der Waals surface area contributed by atoms with E-state index < -0.39 is 0 Å². The van der Waals surface area contributed by atoms with Crippen molar-refractivity contribution in [2.75, 3.05) is 0 Å². The van der Waals surface area contributed by atoms with Gasteiger partial charge in [0.25, 0.3) is 0 Å². The number of hydrogen-bond donors (Lipinski definition) is 0. The van der Waals surface area contributed by atoms with Gasteiger partial charge >= 0.3 is 0 Å². The van der Waals surface area contributed by atoms with E-state index in [1.807, 2.05) is 17.4 Å². The lowest BCUT2D eigenvalue weighted by atomic mass is 9.98. The standard InChI is InChI=1S/C82H49N7S/c1-5-20-51(21-6-1)76-49-66-75(90-76)44-38-68-78(66)80(53-24-9-3-10-25-53)86-82(84-68)89-73-42-37-57(48-65(73)77-59-28-14-13-19-50(59)33-43-74(77)89)56-35-40-71-64(47-56)63-46-55(34-39-70(63)87(71)58-26-11-4-12-27-58)54-36-41-72-62(45-54)60-29-16-18-32-69(60)88(72)81-83-67-31-17-15-30-61(67)79(85-81)52-22-7-2-8-23-52/h1-49H. The summed E-state index contributed by atoms with van der Waals surface area (Å²) in [5.41, 5.74) is 19.1. The van der Waals surface area contributed by atoms with Crippen molar-refractivity contribution < 1.29 is 0 Å². The van der Waals surface area contributed by atoms with Crippen LogP contribution in [0.4, 0.5) is 0 Å². The fourth-order valence-electron chi connectivity index (χ4n) is 14.2. The zero-order chi connectivity index (χ0) is 59.0. The van der Waals surface area contributed by atoms with Crippen molar-refractivity contribution in [1.82, 2.24) is 33.6 Å². The molecule has 8 heteroatoms. The second-order valence-corrected chi connectivity index (χ2v) is 24.4. The van der Waals surface area contributed by atoms with Gasteiger partial charge in [0, 0.05) is 74.9 Å². The first-order chi connectivity index (χ1) is 44.6. The van der Waals surface area contributed by atoms with Crippen LogP contribution in [0.25, 0.3) is 181 Å². The van der Waals surface area contributed by atoms with Gasteiger partial charge in [-0.15, -0.1) is 11.3 Å². The molecule has 7 nitrogen and oxygen atoms in total. The Hall–Kier alpha value is -11.8. The molecular weight excluding hydrogens is 1120 g/mol. The summed E-state index contributed by atoms with van der Waals surface area (Å²) in [6.07, 6.45) is 0. The second-order valence-electron chi connectivity index (χ2n) is 23.3. The molecule has 13 aromatic carbocycles. The zero-order valence-electron chi connectivity index (χ0n) is 48.3. The Morgan fingerprint density at radius 3 is 1.38 bits per heavy atom. The van der Waals surface area contributed by atoms with Crippen LogP contribution in [0, 0.1) is 0 Å². The van der Waals surface area contributed by atoms with Crippen molar-refractivity contribution in [1.29, 1.82) is 0 Å². The summed E-state index contributed by atoms with van der Waals surface area (Å²) in [7, 11) is 0.